The quantitative estimate of drug-likeness (QED) is 0.647. The van der Waals surface area contributed by atoms with Crippen LogP contribution in [0.1, 0.15) is 47.5 Å². The zero-order valence-corrected chi connectivity index (χ0v) is 12.6. The molecule has 0 aliphatic carbocycles. The van der Waals surface area contributed by atoms with Gasteiger partial charge < -0.3 is 4.74 Å². The Morgan fingerprint density at radius 1 is 1.11 bits per heavy atom. The molecule has 0 bridgehead atoms. The second kappa shape index (κ2) is 6.82. The second-order valence-electron chi connectivity index (χ2n) is 6.25. The maximum Gasteiger partial charge on any atom is 0.119 e. The first-order chi connectivity index (χ1) is 8.45. The van der Waals surface area contributed by atoms with Crippen LogP contribution in [0, 0.1) is 17.3 Å². The van der Waals surface area contributed by atoms with Crippen molar-refractivity contribution in [3.8, 4) is 5.75 Å². The Morgan fingerprint density at radius 2 is 1.72 bits per heavy atom. The van der Waals surface area contributed by atoms with E-state index in [1.54, 1.807) is 0 Å². The largest absolute Gasteiger partial charge is 0.493 e. The van der Waals surface area contributed by atoms with Crippen molar-refractivity contribution in [2.24, 2.45) is 17.3 Å². The summed E-state index contributed by atoms with van der Waals surface area (Å²) in [4.78, 5) is 0. The predicted molar refractivity (Wildman–Crippen MR) is 79.0 cm³/mol. The molecule has 1 aromatic rings. The van der Waals surface area contributed by atoms with Gasteiger partial charge in [-0.1, -0.05) is 59.2 Å². The summed E-state index contributed by atoms with van der Waals surface area (Å²) >= 11 is 0. The number of hydrogen-bond acceptors (Lipinski definition) is 1. The van der Waals surface area contributed by atoms with Crippen LogP contribution < -0.4 is 4.74 Å². The summed E-state index contributed by atoms with van der Waals surface area (Å²) in [5.74, 6) is 2.34. The van der Waals surface area contributed by atoms with Crippen molar-refractivity contribution in [1.82, 2.24) is 0 Å². The zero-order valence-electron chi connectivity index (χ0n) is 12.6. The van der Waals surface area contributed by atoms with Crippen LogP contribution in [0.15, 0.2) is 30.3 Å². The van der Waals surface area contributed by atoms with E-state index in [1.165, 1.54) is 12.8 Å². The summed E-state index contributed by atoms with van der Waals surface area (Å²) < 4.78 is 5.88. The van der Waals surface area contributed by atoms with E-state index >= 15 is 0 Å². The molecule has 0 heterocycles. The summed E-state index contributed by atoms with van der Waals surface area (Å²) in [5, 5.41) is 0. The normalized spacial score (nSPS) is 13.7. The van der Waals surface area contributed by atoms with Gasteiger partial charge in [0.25, 0.3) is 0 Å². The van der Waals surface area contributed by atoms with Gasteiger partial charge in [-0.3, -0.25) is 0 Å². The minimum atomic E-state index is 0.390. The maximum atomic E-state index is 5.88. The summed E-state index contributed by atoms with van der Waals surface area (Å²) in [5.41, 5.74) is 0.390. The fraction of sp³-hybridized carbons (Fsp3) is 0.647. The Bertz CT molecular complexity index is 327. The number of benzene rings is 1. The van der Waals surface area contributed by atoms with Gasteiger partial charge >= 0.3 is 0 Å². The van der Waals surface area contributed by atoms with E-state index in [2.05, 4.69) is 34.6 Å². The maximum absolute atomic E-state index is 5.88. The molecule has 0 aliphatic heterocycles. The SMILES string of the molecule is CCC(COc1ccccc1)CC(C)(C)C(C)C. The van der Waals surface area contributed by atoms with Crippen molar-refractivity contribution < 1.29 is 4.74 Å². The van der Waals surface area contributed by atoms with Crippen molar-refractivity contribution >= 4 is 0 Å². The zero-order chi connectivity index (χ0) is 13.6. The molecule has 0 amide bonds. The average molecular weight is 248 g/mol. The molecule has 1 unspecified atom stereocenters. The van der Waals surface area contributed by atoms with E-state index in [0.717, 1.165) is 12.4 Å². The van der Waals surface area contributed by atoms with Gasteiger partial charge in [-0.15, -0.1) is 0 Å². The van der Waals surface area contributed by atoms with Gasteiger partial charge in [0.15, 0.2) is 0 Å². The molecule has 0 spiro atoms. The Hall–Kier alpha value is -0.980. The lowest BCUT2D eigenvalue weighted by Crippen LogP contribution is -2.25. The van der Waals surface area contributed by atoms with Crippen LogP contribution in [0.25, 0.3) is 0 Å². The van der Waals surface area contributed by atoms with Crippen LogP contribution in [-0.2, 0) is 0 Å². The Morgan fingerprint density at radius 3 is 2.22 bits per heavy atom. The van der Waals surface area contributed by atoms with Gasteiger partial charge in [-0.2, -0.15) is 0 Å². The molecule has 1 aromatic carbocycles. The molecule has 1 heteroatoms. The van der Waals surface area contributed by atoms with Gasteiger partial charge in [0.2, 0.25) is 0 Å². The van der Waals surface area contributed by atoms with Crippen LogP contribution in [0.5, 0.6) is 5.75 Å². The molecule has 0 saturated heterocycles. The molecule has 0 aliphatic rings. The summed E-state index contributed by atoms with van der Waals surface area (Å²) in [6.45, 7) is 12.4. The number of ether oxygens (including phenoxy) is 1. The minimum absolute atomic E-state index is 0.390. The standard InChI is InChI=1S/C17H28O/c1-6-15(12-17(4,5)14(2)3)13-18-16-10-8-7-9-11-16/h7-11,14-15H,6,12-13H2,1-5H3. The molecule has 0 N–H and O–H groups in total. The van der Waals surface area contributed by atoms with Gasteiger partial charge in [0, 0.05) is 0 Å². The van der Waals surface area contributed by atoms with E-state index in [4.69, 9.17) is 4.74 Å². The lowest BCUT2D eigenvalue weighted by Gasteiger charge is -2.33. The summed E-state index contributed by atoms with van der Waals surface area (Å²) in [6, 6.07) is 10.1. The Kier molecular flexibility index (Phi) is 5.71. The van der Waals surface area contributed by atoms with Crippen LogP contribution in [0.4, 0.5) is 0 Å². The third kappa shape index (κ3) is 4.72. The fourth-order valence-electron chi connectivity index (χ4n) is 2.03. The monoisotopic (exact) mass is 248 g/mol. The van der Waals surface area contributed by atoms with E-state index in [1.807, 2.05) is 30.3 Å². The topological polar surface area (TPSA) is 9.23 Å². The molecule has 0 radical (unpaired) electrons. The second-order valence-corrected chi connectivity index (χ2v) is 6.25. The van der Waals surface area contributed by atoms with E-state index in [9.17, 15) is 0 Å². The van der Waals surface area contributed by atoms with Crippen LogP contribution in [0.3, 0.4) is 0 Å². The minimum Gasteiger partial charge on any atom is -0.493 e. The first kappa shape index (κ1) is 15.1. The Balaban J connectivity index is 2.48. The fourth-order valence-corrected chi connectivity index (χ4v) is 2.03. The highest BCUT2D eigenvalue weighted by Gasteiger charge is 2.26. The Labute approximate surface area is 113 Å². The lowest BCUT2D eigenvalue weighted by atomic mass is 9.74. The van der Waals surface area contributed by atoms with Crippen LogP contribution >= 0.6 is 0 Å². The molecular formula is C17H28O. The highest BCUT2D eigenvalue weighted by molar-refractivity contribution is 5.20. The highest BCUT2D eigenvalue weighted by Crippen LogP contribution is 2.34. The number of para-hydroxylation sites is 1. The van der Waals surface area contributed by atoms with E-state index < -0.39 is 0 Å². The smallest absolute Gasteiger partial charge is 0.119 e. The number of rotatable bonds is 7. The molecule has 102 valence electrons. The lowest BCUT2D eigenvalue weighted by molar-refractivity contribution is 0.143. The van der Waals surface area contributed by atoms with Crippen molar-refractivity contribution in [2.75, 3.05) is 6.61 Å². The molecule has 1 rings (SSSR count). The first-order valence-corrected chi connectivity index (χ1v) is 7.13. The van der Waals surface area contributed by atoms with Crippen LogP contribution in [0.2, 0.25) is 0 Å². The third-order valence-corrected chi connectivity index (χ3v) is 4.18. The first-order valence-electron chi connectivity index (χ1n) is 7.13. The molecule has 1 nitrogen and oxygen atoms in total. The molecular weight excluding hydrogens is 220 g/mol. The summed E-state index contributed by atoms with van der Waals surface area (Å²) in [7, 11) is 0. The van der Waals surface area contributed by atoms with Crippen LogP contribution in [-0.4, -0.2) is 6.61 Å². The highest BCUT2D eigenvalue weighted by atomic mass is 16.5. The van der Waals surface area contributed by atoms with Gasteiger partial charge in [-0.25, -0.2) is 0 Å². The van der Waals surface area contributed by atoms with Gasteiger partial charge in [0.1, 0.15) is 5.75 Å². The molecule has 18 heavy (non-hydrogen) atoms. The van der Waals surface area contributed by atoms with Crippen molar-refractivity contribution in [1.29, 1.82) is 0 Å². The predicted octanol–water partition coefficient (Wildman–Crippen LogP) is 5.16. The number of hydrogen-bond donors (Lipinski definition) is 0. The van der Waals surface area contributed by atoms with Gasteiger partial charge in [-0.05, 0) is 35.8 Å². The molecule has 1 atom stereocenters. The van der Waals surface area contributed by atoms with Crippen molar-refractivity contribution in [3.63, 3.8) is 0 Å². The van der Waals surface area contributed by atoms with E-state index in [0.29, 0.717) is 17.3 Å². The molecule has 0 saturated carbocycles. The van der Waals surface area contributed by atoms with E-state index in [-0.39, 0.29) is 0 Å². The molecule has 0 aromatic heterocycles. The molecule has 0 fully saturated rings. The summed E-state index contributed by atoms with van der Waals surface area (Å²) in [6.07, 6.45) is 2.41. The van der Waals surface area contributed by atoms with Gasteiger partial charge in [0.05, 0.1) is 6.61 Å². The average Bonchev–Trinajstić information content (AvgIpc) is 2.35. The van der Waals surface area contributed by atoms with Crippen molar-refractivity contribution in [2.45, 2.75) is 47.5 Å². The van der Waals surface area contributed by atoms with Crippen molar-refractivity contribution in [3.05, 3.63) is 30.3 Å². The third-order valence-electron chi connectivity index (χ3n) is 4.18.